The molecule has 0 bridgehead atoms. The van der Waals surface area contributed by atoms with Crippen molar-refractivity contribution < 1.29 is 5.11 Å². The average Bonchev–Trinajstić information content (AvgIpc) is 2.46. The average molecular weight is 285 g/mol. The summed E-state index contributed by atoms with van der Waals surface area (Å²) in [6.07, 6.45) is 1.12. The Morgan fingerprint density at radius 2 is 1.85 bits per heavy atom. The predicted octanol–water partition coefficient (Wildman–Crippen LogP) is 4.52. The van der Waals surface area contributed by atoms with E-state index in [0.717, 1.165) is 28.1 Å². The second-order valence-electron chi connectivity index (χ2n) is 4.66. The van der Waals surface area contributed by atoms with Crippen molar-refractivity contribution in [3.63, 3.8) is 0 Å². The molecule has 0 aliphatic rings. The van der Waals surface area contributed by atoms with Crippen molar-refractivity contribution in [2.45, 2.75) is 25.9 Å². The van der Waals surface area contributed by atoms with E-state index in [9.17, 15) is 5.11 Å². The fourth-order valence-electron chi connectivity index (χ4n) is 1.93. The molecule has 1 nitrogen and oxygen atoms in total. The van der Waals surface area contributed by atoms with Crippen LogP contribution in [0.3, 0.4) is 0 Å². The first-order valence-electron chi connectivity index (χ1n) is 6.74. The monoisotopic (exact) mass is 284 g/mol. The van der Waals surface area contributed by atoms with Gasteiger partial charge < -0.3 is 5.11 Å². The molecule has 2 aromatic rings. The smallest absolute Gasteiger partial charge is 0.115 e. The Morgan fingerprint density at radius 1 is 1.10 bits per heavy atom. The summed E-state index contributed by atoms with van der Waals surface area (Å²) in [5, 5.41) is 10.3. The highest BCUT2D eigenvalue weighted by molar-refractivity contribution is 6.30. The first-order chi connectivity index (χ1) is 9.69. The van der Waals surface area contributed by atoms with Gasteiger partial charge in [0.2, 0.25) is 0 Å². The molecule has 2 rings (SSSR count). The third kappa shape index (κ3) is 4.13. The van der Waals surface area contributed by atoms with Crippen LogP contribution in [0.4, 0.5) is 0 Å². The Kier molecular flexibility index (Phi) is 5.24. The number of halogens is 1. The minimum Gasteiger partial charge on any atom is -0.380 e. The predicted molar refractivity (Wildman–Crippen MR) is 84.7 cm³/mol. The van der Waals surface area contributed by atoms with Crippen molar-refractivity contribution in [3.05, 3.63) is 59.1 Å². The summed E-state index contributed by atoms with van der Waals surface area (Å²) < 4.78 is 0. The summed E-state index contributed by atoms with van der Waals surface area (Å²) in [5.41, 5.74) is 3.10. The van der Waals surface area contributed by atoms with Gasteiger partial charge in [0, 0.05) is 10.6 Å². The fourth-order valence-corrected chi connectivity index (χ4v) is 2.12. The minimum absolute atomic E-state index is 0.535. The van der Waals surface area contributed by atoms with Crippen molar-refractivity contribution in [1.82, 2.24) is 0 Å². The van der Waals surface area contributed by atoms with Crippen LogP contribution in [0.25, 0.3) is 11.1 Å². The van der Waals surface area contributed by atoms with Gasteiger partial charge in [-0.3, -0.25) is 0 Å². The van der Waals surface area contributed by atoms with E-state index in [1.54, 1.807) is 0 Å². The summed E-state index contributed by atoms with van der Waals surface area (Å²) in [7, 11) is 0. The molecule has 2 aromatic carbocycles. The summed E-state index contributed by atoms with van der Waals surface area (Å²) in [5.74, 6) is 5.85. The van der Waals surface area contributed by atoms with E-state index in [4.69, 9.17) is 11.6 Å². The van der Waals surface area contributed by atoms with Crippen molar-refractivity contribution in [1.29, 1.82) is 0 Å². The highest BCUT2D eigenvalue weighted by atomic mass is 35.5. The highest BCUT2D eigenvalue weighted by Gasteiger charge is 1.99. The number of hydrogen-bond donors (Lipinski definition) is 1. The summed E-state index contributed by atoms with van der Waals surface area (Å²) in [6, 6.07) is 15.7. The maximum Gasteiger partial charge on any atom is 0.115 e. The van der Waals surface area contributed by atoms with Crippen molar-refractivity contribution in [2.75, 3.05) is 0 Å². The number of rotatable bonds is 3. The van der Waals surface area contributed by atoms with E-state index in [0.29, 0.717) is 6.42 Å². The largest absolute Gasteiger partial charge is 0.380 e. The second-order valence-corrected chi connectivity index (χ2v) is 5.10. The second kappa shape index (κ2) is 7.14. The minimum atomic E-state index is -0.535. The molecule has 0 heterocycles. The normalized spacial score (nSPS) is 11.6. The van der Waals surface area contributed by atoms with Gasteiger partial charge in [-0.05, 0) is 41.8 Å². The van der Waals surface area contributed by atoms with Crippen molar-refractivity contribution >= 4 is 11.6 Å². The van der Waals surface area contributed by atoms with Gasteiger partial charge in [0.25, 0.3) is 0 Å². The quantitative estimate of drug-likeness (QED) is 0.822. The zero-order valence-corrected chi connectivity index (χ0v) is 12.2. The molecule has 1 atom stereocenters. The number of hydrogen-bond acceptors (Lipinski definition) is 1. The summed E-state index contributed by atoms with van der Waals surface area (Å²) >= 11 is 5.99. The van der Waals surface area contributed by atoms with Gasteiger partial charge in [-0.2, -0.15) is 0 Å². The van der Waals surface area contributed by atoms with E-state index in [1.807, 2.05) is 55.5 Å². The third-order valence-electron chi connectivity index (χ3n) is 2.99. The molecule has 20 heavy (non-hydrogen) atoms. The van der Waals surface area contributed by atoms with Crippen LogP contribution in [0, 0.1) is 11.8 Å². The molecule has 0 aliphatic carbocycles. The van der Waals surface area contributed by atoms with Crippen LogP contribution in [-0.4, -0.2) is 11.2 Å². The van der Waals surface area contributed by atoms with Crippen LogP contribution >= 0.6 is 11.6 Å². The van der Waals surface area contributed by atoms with Crippen LogP contribution in [0.5, 0.6) is 0 Å². The van der Waals surface area contributed by atoms with Gasteiger partial charge in [-0.15, -0.1) is 0 Å². The Morgan fingerprint density at radius 3 is 2.50 bits per heavy atom. The molecule has 0 saturated carbocycles. The lowest BCUT2D eigenvalue weighted by Gasteiger charge is -2.02. The standard InChI is InChI=1S/C18H17ClO/c1-2-4-18(20)12-9-14-7-10-15(11-8-14)16-5-3-6-17(19)13-16/h3,5-8,10-11,13,18,20H,2,4H2,1H3. The molecular weight excluding hydrogens is 268 g/mol. The van der Waals surface area contributed by atoms with Crippen LogP contribution in [0.2, 0.25) is 5.02 Å². The molecule has 0 spiro atoms. The van der Waals surface area contributed by atoms with Crippen molar-refractivity contribution in [2.24, 2.45) is 0 Å². The van der Waals surface area contributed by atoms with Gasteiger partial charge in [0.05, 0.1) is 0 Å². The van der Waals surface area contributed by atoms with Gasteiger partial charge >= 0.3 is 0 Å². The molecule has 0 aromatic heterocycles. The fraction of sp³-hybridized carbons (Fsp3) is 0.222. The number of aliphatic hydroxyl groups is 1. The van der Waals surface area contributed by atoms with Crippen molar-refractivity contribution in [3.8, 4) is 23.0 Å². The Balaban J connectivity index is 2.14. The van der Waals surface area contributed by atoms with Crippen LogP contribution in [-0.2, 0) is 0 Å². The molecule has 0 radical (unpaired) electrons. The van der Waals surface area contributed by atoms with E-state index in [-0.39, 0.29) is 0 Å². The highest BCUT2D eigenvalue weighted by Crippen LogP contribution is 2.22. The summed E-state index contributed by atoms with van der Waals surface area (Å²) in [6.45, 7) is 2.03. The first-order valence-corrected chi connectivity index (χ1v) is 7.12. The molecule has 1 unspecified atom stereocenters. The van der Waals surface area contributed by atoms with E-state index >= 15 is 0 Å². The van der Waals surface area contributed by atoms with Crippen LogP contribution in [0.1, 0.15) is 25.3 Å². The molecule has 0 fully saturated rings. The van der Waals surface area contributed by atoms with Crippen LogP contribution in [0.15, 0.2) is 48.5 Å². The van der Waals surface area contributed by atoms with E-state index in [1.165, 1.54) is 0 Å². The van der Waals surface area contributed by atoms with Gasteiger partial charge in [0.1, 0.15) is 6.10 Å². The SMILES string of the molecule is CCCC(O)C#Cc1ccc(-c2cccc(Cl)c2)cc1. The maximum absolute atomic E-state index is 9.59. The first kappa shape index (κ1) is 14.7. The molecule has 0 saturated heterocycles. The molecule has 0 aliphatic heterocycles. The Bertz CT molecular complexity index is 620. The van der Waals surface area contributed by atoms with Crippen LogP contribution < -0.4 is 0 Å². The lowest BCUT2D eigenvalue weighted by atomic mass is 10.0. The van der Waals surface area contributed by atoms with Gasteiger partial charge in [-0.1, -0.05) is 61.1 Å². The van der Waals surface area contributed by atoms with E-state index < -0.39 is 6.10 Å². The molecule has 102 valence electrons. The molecule has 2 heteroatoms. The maximum atomic E-state index is 9.59. The third-order valence-corrected chi connectivity index (χ3v) is 3.22. The zero-order chi connectivity index (χ0) is 14.4. The lowest BCUT2D eigenvalue weighted by molar-refractivity contribution is 0.221. The molecule has 0 amide bonds. The summed E-state index contributed by atoms with van der Waals surface area (Å²) in [4.78, 5) is 0. The Hall–Kier alpha value is -1.75. The zero-order valence-electron chi connectivity index (χ0n) is 11.4. The number of aliphatic hydroxyl groups excluding tert-OH is 1. The molecule has 1 N–H and O–H groups in total. The Labute approximate surface area is 125 Å². The lowest BCUT2D eigenvalue weighted by Crippen LogP contribution is -2.00. The van der Waals surface area contributed by atoms with Gasteiger partial charge in [-0.25, -0.2) is 0 Å². The molecular formula is C18H17ClO. The van der Waals surface area contributed by atoms with E-state index in [2.05, 4.69) is 11.8 Å². The topological polar surface area (TPSA) is 20.2 Å². The number of benzene rings is 2. The van der Waals surface area contributed by atoms with Gasteiger partial charge in [0.15, 0.2) is 0 Å².